The van der Waals surface area contributed by atoms with Crippen LogP contribution in [0.1, 0.15) is 57.6 Å². The maximum Gasteiger partial charge on any atom is 0.416 e. The van der Waals surface area contributed by atoms with E-state index in [2.05, 4.69) is 14.8 Å². The maximum absolute atomic E-state index is 13.6. The number of rotatable bonds is 9. The molecule has 1 amide bonds. The smallest absolute Gasteiger partial charge is 0.416 e. The Labute approximate surface area is 274 Å². The van der Waals surface area contributed by atoms with E-state index >= 15 is 0 Å². The molecule has 2 aromatic rings. The maximum atomic E-state index is 13.6. The number of benzene rings is 2. The van der Waals surface area contributed by atoms with Crippen LogP contribution in [0.15, 0.2) is 64.4 Å². The molecule has 2 fully saturated rings. The number of nitrogens with zero attached hydrogens (tertiary/aromatic N) is 1. The van der Waals surface area contributed by atoms with Crippen LogP contribution < -0.4 is 10.0 Å². The zero-order valence-corrected chi connectivity index (χ0v) is 28.3. The highest BCUT2D eigenvalue weighted by Crippen LogP contribution is 2.35. The summed E-state index contributed by atoms with van der Waals surface area (Å²) < 4.78 is 99.2. The van der Waals surface area contributed by atoms with Crippen LogP contribution in [0.25, 0.3) is 6.08 Å². The van der Waals surface area contributed by atoms with Gasteiger partial charge in [0.2, 0.25) is 25.8 Å². The Kier molecular flexibility index (Phi) is 13.2. The van der Waals surface area contributed by atoms with Crippen LogP contribution in [0.2, 0.25) is 0 Å². The third-order valence-electron chi connectivity index (χ3n) is 7.55. The van der Waals surface area contributed by atoms with Gasteiger partial charge in [-0.2, -0.15) is 13.2 Å². The lowest BCUT2D eigenvalue weighted by molar-refractivity contribution is -0.139. The van der Waals surface area contributed by atoms with Gasteiger partial charge in [0.25, 0.3) is 6.47 Å². The molecule has 0 aliphatic carbocycles. The number of piperidine rings is 2. The van der Waals surface area contributed by atoms with Crippen molar-refractivity contribution >= 4 is 38.3 Å². The molecule has 2 saturated heterocycles. The summed E-state index contributed by atoms with van der Waals surface area (Å²) >= 11 is 0. The Hall–Kier alpha value is -3.27. The van der Waals surface area contributed by atoms with Crippen molar-refractivity contribution in [2.45, 2.75) is 74.1 Å². The van der Waals surface area contributed by atoms with E-state index in [1.54, 1.807) is 11.0 Å². The van der Waals surface area contributed by atoms with Gasteiger partial charge in [0.15, 0.2) is 0 Å². The van der Waals surface area contributed by atoms with Crippen molar-refractivity contribution in [1.82, 2.24) is 14.9 Å². The van der Waals surface area contributed by atoms with Gasteiger partial charge >= 0.3 is 6.18 Å². The normalized spacial score (nSPS) is 17.2. The number of ether oxygens (including phenoxy) is 1. The van der Waals surface area contributed by atoms with Crippen molar-refractivity contribution < 1.29 is 44.3 Å². The van der Waals surface area contributed by atoms with Crippen molar-refractivity contribution in [3.63, 3.8) is 0 Å². The molecule has 2 N–H and O–H groups in total. The fourth-order valence-electron chi connectivity index (χ4n) is 5.13. The fourth-order valence-corrected chi connectivity index (χ4v) is 7.64. The van der Waals surface area contributed by atoms with E-state index < -0.39 is 42.9 Å². The molecule has 0 saturated carbocycles. The topological polar surface area (TPSA) is 139 Å². The molecule has 0 aromatic heterocycles. The minimum Gasteiger partial charge on any atom is -0.462 e. The predicted octanol–water partition coefficient (Wildman–Crippen LogP) is 4.42. The first kappa shape index (κ1) is 38.2. The molecule has 4 rings (SSSR count). The second kappa shape index (κ2) is 16.2. The molecule has 0 unspecified atom stereocenters. The van der Waals surface area contributed by atoms with Crippen LogP contribution in [0.5, 0.6) is 0 Å². The predicted molar refractivity (Wildman–Crippen MR) is 171 cm³/mol. The SMILES string of the molecule is CC(C)(C)OC=O.O=C(C1CCNCC1)N1CCC(NS(=O)(=O)CC=Cc2cc(S(=O)(=O)c3ccccc3)ccc2C(F)(F)F)CC1. The summed E-state index contributed by atoms with van der Waals surface area (Å²) in [4.78, 5) is 23.7. The molecule has 2 aromatic carbocycles. The first-order valence-corrected chi connectivity index (χ1v) is 18.4. The number of carbonyl (C=O) groups is 2. The van der Waals surface area contributed by atoms with Crippen LogP contribution in [0.3, 0.4) is 0 Å². The number of amides is 1. The Balaban J connectivity index is 0.000000771. The number of sulfone groups is 1. The van der Waals surface area contributed by atoms with Gasteiger partial charge in [0.05, 0.1) is 21.1 Å². The third-order valence-corrected chi connectivity index (χ3v) is 10.6. The molecule has 260 valence electrons. The number of likely N-dealkylation sites (tertiary alicyclic amines) is 1. The second-order valence-corrected chi connectivity index (χ2v) is 16.1. The number of sulfonamides is 1. The molecule has 15 heteroatoms. The summed E-state index contributed by atoms with van der Waals surface area (Å²) in [5.41, 5.74) is -1.85. The number of halogens is 3. The van der Waals surface area contributed by atoms with Crippen molar-refractivity contribution in [2.24, 2.45) is 5.92 Å². The van der Waals surface area contributed by atoms with Gasteiger partial charge in [-0.15, -0.1) is 0 Å². The van der Waals surface area contributed by atoms with E-state index in [-0.39, 0.29) is 33.3 Å². The molecule has 2 heterocycles. The monoisotopic (exact) mass is 701 g/mol. The second-order valence-electron chi connectivity index (χ2n) is 12.3. The van der Waals surface area contributed by atoms with E-state index in [4.69, 9.17) is 0 Å². The highest BCUT2D eigenvalue weighted by molar-refractivity contribution is 7.91. The first-order valence-electron chi connectivity index (χ1n) is 15.2. The van der Waals surface area contributed by atoms with E-state index in [0.717, 1.165) is 50.2 Å². The van der Waals surface area contributed by atoms with Gasteiger partial charge in [-0.25, -0.2) is 21.6 Å². The van der Waals surface area contributed by atoms with Crippen LogP contribution in [-0.4, -0.2) is 77.7 Å². The molecule has 0 radical (unpaired) electrons. The van der Waals surface area contributed by atoms with Gasteiger partial charge in [0, 0.05) is 25.0 Å². The van der Waals surface area contributed by atoms with Crippen molar-refractivity contribution in [3.8, 4) is 0 Å². The summed E-state index contributed by atoms with van der Waals surface area (Å²) in [6, 6.07) is 9.40. The van der Waals surface area contributed by atoms with Gasteiger partial charge < -0.3 is 15.0 Å². The van der Waals surface area contributed by atoms with Crippen molar-refractivity contribution in [1.29, 1.82) is 0 Å². The number of carbonyl (C=O) groups excluding carboxylic acids is 2. The summed E-state index contributed by atoms with van der Waals surface area (Å²) in [6.07, 6.45) is -0.266. The molecular formula is C32H42F3N3O7S2. The molecule has 0 bridgehead atoms. The summed E-state index contributed by atoms with van der Waals surface area (Å²) in [6.45, 7) is 8.40. The average Bonchev–Trinajstić information content (AvgIpc) is 3.01. The first-order chi connectivity index (χ1) is 21.9. The molecule has 2 aliphatic heterocycles. The highest BCUT2D eigenvalue weighted by atomic mass is 32.2. The van der Waals surface area contributed by atoms with Crippen molar-refractivity contribution in [2.75, 3.05) is 31.9 Å². The summed E-state index contributed by atoms with van der Waals surface area (Å²) in [7, 11) is -7.96. The summed E-state index contributed by atoms with van der Waals surface area (Å²) in [5.74, 6) is -0.501. The number of hydrogen-bond donors (Lipinski definition) is 2. The van der Waals surface area contributed by atoms with Gasteiger partial charge in [-0.3, -0.25) is 9.59 Å². The molecular weight excluding hydrogens is 659 g/mol. The Morgan fingerprint density at radius 3 is 2.11 bits per heavy atom. The van der Waals surface area contributed by atoms with Crippen LogP contribution in [0.4, 0.5) is 13.2 Å². The van der Waals surface area contributed by atoms with Gasteiger partial charge in [-0.05, 0) is 95.4 Å². The fraction of sp³-hybridized carbons (Fsp3) is 0.500. The van der Waals surface area contributed by atoms with Crippen molar-refractivity contribution in [3.05, 3.63) is 65.7 Å². The lowest BCUT2D eigenvalue weighted by atomic mass is 9.95. The Bertz CT molecular complexity index is 1590. The van der Waals surface area contributed by atoms with E-state index in [9.17, 15) is 39.6 Å². The Morgan fingerprint density at radius 2 is 1.57 bits per heavy atom. The van der Waals surface area contributed by atoms with Gasteiger partial charge in [0.1, 0.15) is 5.60 Å². The zero-order valence-electron chi connectivity index (χ0n) is 26.6. The quantitative estimate of drug-likeness (QED) is 0.367. The Morgan fingerprint density at radius 1 is 0.957 bits per heavy atom. The van der Waals surface area contributed by atoms with Crippen LogP contribution in [0, 0.1) is 5.92 Å². The standard InChI is InChI=1S/C27H32F3N3O5S2.C5H10O2/c28-27(29,30)25-9-8-24(40(37,38)23-6-2-1-3-7-23)19-21(25)5-4-18-39(35,36)32-22-12-16-33(17-13-22)26(34)20-10-14-31-15-11-20;1-5(2,3)7-4-6/h1-9,19-20,22,31-32H,10-18H2;4H,1-3H3. The number of alkyl halides is 3. The number of hydrogen-bond acceptors (Lipinski definition) is 8. The summed E-state index contributed by atoms with van der Waals surface area (Å²) in [5, 5.41) is 3.22. The number of nitrogens with one attached hydrogen (secondary N) is 2. The average molecular weight is 702 g/mol. The lowest BCUT2D eigenvalue weighted by Gasteiger charge is -2.35. The molecule has 10 nitrogen and oxygen atoms in total. The van der Waals surface area contributed by atoms with Crippen LogP contribution >= 0.6 is 0 Å². The molecule has 2 aliphatic rings. The highest BCUT2D eigenvalue weighted by Gasteiger charge is 2.34. The third kappa shape index (κ3) is 11.7. The van der Waals surface area contributed by atoms with E-state index in [1.807, 2.05) is 20.8 Å². The molecule has 0 spiro atoms. The minimum atomic E-state index is -4.77. The zero-order chi connectivity index (χ0) is 34.9. The largest absolute Gasteiger partial charge is 0.462 e. The van der Waals surface area contributed by atoms with Gasteiger partial charge in [-0.1, -0.05) is 30.4 Å². The lowest BCUT2D eigenvalue weighted by Crippen LogP contribution is -2.49. The van der Waals surface area contributed by atoms with Crippen LogP contribution in [-0.2, 0) is 40.4 Å². The molecule has 47 heavy (non-hydrogen) atoms. The van der Waals surface area contributed by atoms with E-state index in [0.29, 0.717) is 38.5 Å². The minimum absolute atomic E-state index is 0.0117. The van der Waals surface area contributed by atoms with E-state index in [1.165, 1.54) is 24.3 Å². The molecule has 0 atom stereocenters.